The van der Waals surface area contributed by atoms with Crippen LogP contribution in [0, 0.1) is 0 Å². The fourth-order valence-electron chi connectivity index (χ4n) is 1.77. The van der Waals surface area contributed by atoms with Crippen LogP contribution in [0.4, 0.5) is 5.82 Å². The molecule has 0 fully saturated rings. The SMILES string of the molecule is CCOc1cccnc1NCc1ccc(CN)cc1. The Hall–Kier alpha value is -2.07. The quantitative estimate of drug-likeness (QED) is 0.835. The van der Waals surface area contributed by atoms with Gasteiger partial charge in [-0.2, -0.15) is 0 Å². The van der Waals surface area contributed by atoms with Gasteiger partial charge in [0.2, 0.25) is 0 Å². The molecule has 2 aromatic rings. The second kappa shape index (κ2) is 6.75. The van der Waals surface area contributed by atoms with Crippen LogP contribution in [0.5, 0.6) is 5.75 Å². The number of aromatic nitrogens is 1. The summed E-state index contributed by atoms with van der Waals surface area (Å²) in [5.41, 5.74) is 7.90. The minimum absolute atomic E-state index is 0.572. The Morgan fingerprint density at radius 2 is 1.89 bits per heavy atom. The van der Waals surface area contributed by atoms with E-state index in [1.54, 1.807) is 6.20 Å². The Labute approximate surface area is 113 Å². The largest absolute Gasteiger partial charge is 0.490 e. The van der Waals surface area contributed by atoms with Gasteiger partial charge < -0.3 is 15.8 Å². The van der Waals surface area contributed by atoms with Gasteiger partial charge in [0.15, 0.2) is 11.6 Å². The molecular weight excluding hydrogens is 238 g/mol. The lowest BCUT2D eigenvalue weighted by molar-refractivity contribution is 0.340. The van der Waals surface area contributed by atoms with Gasteiger partial charge in [-0.1, -0.05) is 24.3 Å². The van der Waals surface area contributed by atoms with Crippen LogP contribution >= 0.6 is 0 Å². The van der Waals surface area contributed by atoms with Gasteiger partial charge in [0.05, 0.1) is 6.61 Å². The highest BCUT2D eigenvalue weighted by Crippen LogP contribution is 2.21. The molecule has 4 nitrogen and oxygen atoms in total. The first-order valence-electron chi connectivity index (χ1n) is 6.43. The summed E-state index contributed by atoms with van der Waals surface area (Å²) < 4.78 is 5.52. The Balaban J connectivity index is 2.01. The predicted octanol–water partition coefficient (Wildman–Crippen LogP) is 2.55. The molecule has 0 saturated carbocycles. The highest BCUT2D eigenvalue weighted by Gasteiger charge is 2.03. The van der Waals surface area contributed by atoms with Gasteiger partial charge >= 0.3 is 0 Å². The summed E-state index contributed by atoms with van der Waals surface area (Å²) in [6.07, 6.45) is 1.75. The van der Waals surface area contributed by atoms with E-state index in [0.717, 1.165) is 17.1 Å². The highest BCUT2D eigenvalue weighted by atomic mass is 16.5. The Morgan fingerprint density at radius 3 is 2.58 bits per heavy atom. The van der Waals surface area contributed by atoms with Crippen LogP contribution in [-0.4, -0.2) is 11.6 Å². The molecule has 0 aliphatic carbocycles. The zero-order chi connectivity index (χ0) is 13.5. The molecular formula is C15H19N3O. The number of hydrogen-bond donors (Lipinski definition) is 2. The molecule has 4 heteroatoms. The second-order valence-electron chi connectivity index (χ2n) is 4.16. The van der Waals surface area contributed by atoms with Crippen molar-refractivity contribution in [2.24, 2.45) is 5.73 Å². The number of nitrogens with zero attached hydrogens (tertiary/aromatic N) is 1. The van der Waals surface area contributed by atoms with Crippen LogP contribution < -0.4 is 15.8 Å². The molecule has 0 aliphatic heterocycles. The van der Waals surface area contributed by atoms with Gasteiger partial charge in [-0.3, -0.25) is 0 Å². The van der Waals surface area contributed by atoms with Crippen LogP contribution in [0.25, 0.3) is 0 Å². The minimum atomic E-state index is 0.572. The zero-order valence-electron chi connectivity index (χ0n) is 11.1. The van der Waals surface area contributed by atoms with Gasteiger partial charge in [0.1, 0.15) is 0 Å². The molecule has 0 bridgehead atoms. The van der Waals surface area contributed by atoms with Crippen molar-refractivity contribution in [2.75, 3.05) is 11.9 Å². The van der Waals surface area contributed by atoms with Crippen molar-refractivity contribution in [3.63, 3.8) is 0 Å². The molecule has 1 aromatic carbocycles. The van der Waals surface area contributed by atoms with Crippen LogP contribution in [0.15, 0.2) is 42.6 Å². The zero-order valence-corrected chi connectivity index (χ0v) is 11.1. The van der Waals surface area contributed by atoms with E-state index in [0.29, 0.717) is 19.7 Å². The van der Waals surface area contributed by atoms with E-state index >= 15 is 0 Å². The summed E-state index contributed by atoms with van der Waals surface area (Å²) in [6, 6.07) is 12.0. The standard InChI is InChI=1S/C15H19N3O/c1-2-19-14-4-3-9-17-15(14)18-11-13-7-5-12(10-16)6-8-13/h3-9H,2,10-11,16H2,1H3,(H,17,18). The fourth-order valence-corrected chi connectivity index (χ4v) is 1.77. The molecule has 0 amide bonds. The van der Waals surface area contributed by atoms with Crippen molar-refractivity contribution in [3.05, 3.63) is 53.7 Å². The van der Waals surface area contributed by atoms with Gasteiger partial charge in [0, 0.05) is 19.3 Å². The molecule has 1 aromatic heterocycles. The first kappa shape index (κ1) is 13.4. The molecule has 3 N–H and O–H groups in total. The summed E-state index contributed by atoms with van der Waals surface area (Å²) in [7, 11) is 0. The van der Waals surface area contributed by atoms with E-state index in [1.165, 1.54) is 5.56 Å². The van der Waals surface area contributed by atoms with E-state index in [1.807, 2.05) is 31.2 Å². The van der Waals surface area contributed by atoms with E-state index in [9.17, 15) is 0 Å². The number of benzene rings is 1. The molecule has 100 valence electrons. The van der Waals surface area contributed by atoms with E-state index in [-0.39, 0.29) is 0 Å². The van der Waals surface area contributed by atoms with Crippen molar-refractivity contribution in [3.8, 4) is 5.75 Å². The summed E-state index contributed by atoms with van der Waals surface area (Å²) in [4.78, 5) is 4.29. The monoisotopic (exact) mass is 257 g/mol. The molecule has 0 aliphatic rings. The lowest BCUT2D eigenvalue weighted by Gasteiger charge is -2.11. The van der Waals surface area contributed by atoms with Crippen molar-refractivity contribution >= 4 is 5.82 Å². The van der Waals surface area contributed by atoms with Gasteiger partial charge in [-0.15, -0.1) is 0 Å². The summed E-state index contributed by atoms with van der Waals surface area (Å²) in [5.74, 6) is 1.55. The normalized spacial score (nSPS) is 10.2. The number of anilines is 1. The average Bonchev–Trinajstić information content (AvgIpc) is 2.47. The van der Waals surface area contributed by atoms with Crippen LogP contribution in [-0.2, 0) is 13.1 Å². The third-order valence-electron chi connectivity index (χ3n) is 2.79. The number of nitrogens with two attached hydrogens (primary N) is 1. The smallest absolute Gasteiger partial charge is 0.169 e. The van der Waals surface area contributed by atoms with E-state index < -0.39 is 0 Å². The second-order valence-corrected chi connectivity index (χ2v) is 4.16. The maximum absolute atomic E-state index is 5.58. The topological polar surface area (TPSA) is 60.2 Å². The van der Waals surface area contributed by atoms with Crippen LogP contribution in [0.1, 0.15) is 18.1 Å². The lowest BCUT2D eigenvalue weighted by atomic mass is 10.1. The number of hydrogen-bond acceptors (Lipinski definition) is 4. The number of nitrogens with one attached hydrogen (secondary N) is 1. The third kappa shape index (κ3) is 3.69. The molecule has 0 unspecified atom stereocenters. The Morgan fingerprint density at radius 1 is 1.16 bits per heavy atom. The number of pyridine rings is 1. The molecule has 0 atom stereocenters. The molecule has 0 spiro atoms. The van der Waals surface area contributed by atoms with Crippen LogP contribution in [0.2, 0.25) is 0 Å². The minimum Gasteiger partial charge on any atom is -0.490 e. The van der Waals surface area contributed by atoms with Gasteiger partial charge in [0.25, 0.3) is 0 Å². The average molecular weight is 257 g/mol. The third-order valence-corrected chi connectivity index (χ3v) is 2.79. The molecule has 19 heavy (non-hydrogen) atoms. The Kier molecular flexibility index (Phi) is 4.75. The van der Waals surface area contributed by atoms with Crippen molar-refractivity contribution in [1.82, 2.24) is 4.98 Å². The van der Waals surface area contributed by atoms with Gasteiger partial charge in [-0.25, -0.2) is 4.98 Å². The van der Waals surface area contributed by atoms with Crippen molar-refractivity contribution < 1.29 is 4.74 Å². The van der Waals surface area contributed by atoms with Crippen LogP contribution in [0.3, 0.4) is 0 Å². The first-order valence-corrected chi connectivity index (χ1v) is 6.43. The fraction of sp³-hybridized carbons (Fsp3) is 0.267. The van der Waals surface area contributed by atoms with E-state index in [4.69, 9.17) is 10.5 Å². The van der Waals surface area contributed by atoms with Crippen molar-refractivity contribution in [2.45, 2.75) is 20.0 Å². The lowest BCUT2D eigenvalue weighted by Crippen LogP contribution is -2.04. The van der Waals surface area contributed by atoms with Gasteiger partial charge in [-0.05, 0) is 30.2 Å². The molecule has 0 saturated heterocycles. The van der Waals surface area contributed by atoms with E-state index in [2.05, 4.69) is 22.4 Å². The molecule has 1 heterocycles. The summed E-state index contributed by atoms with van der Waals surface area (Å²) in [6.45, 7) is 3.87. The predicted molar refractivity (Wildman–Crippen MR) is 77.1 cm³/mol. The maximum Gasteiger partial charge on any atom is 0.169 e. The molecule has 0 radical (unpaired) electrons. The summed E-state index contributed by atoms with van der Waals surface area (Å²) >= 11 is 0. The highest BCUT2D eigenvalue weighted by molar-refractivity contribution is 5.49. The first-order chi connectivity index (χ1) is 9.33. The molecule has 2 rings (SSSR count). The number of ether oxygens (including phenoxy) is 1. The Bertz CT molecular complexity index is 511. The maximum atomic E-state index is 5.58. The van der Waals surface area contributed by atoms with Crippen molar-refractivity contribution in [1.29, 1.82) is 0 Å². The summed E-state index contributed by atoms with van der Waals surface area (Å²) in [5, 5.41) is 3.28. The number of rotatable bonds is 6.